The van der Waals surface area contributed by atoms with Gasteiger partial charge in [0.05, 0.1) is 28.5 Å². The van der Waals surface area contributed by atoms with Gasteiger partial charge in [-0.3, -0.25) is 23.7 Å². The molecule has 162 valence electrons. The van der Waals surface area contributed by atoms with Gasteiger partial charge in [-0.2, -0.15) is 0 Å². The summed E-state index contributed by atoms with van der Waals surface area (Å²) in [7, 11) is 0. The zero-order valence-electron chi connectivity index (χ0n) is 17.2. The van der Waals surface area contributed by atoms with Gasteiger partial charge >= 0.3 is 0 Å². The minimum atomic E-state index is -0.443. The Balaban J connectivity index is 1.30. The van der Waals surface area contributed by atoms with E-state index in [-0.39, 0.29) is 36.2 Å². The summed E-state index contributed by atoms with van der Waals surface area (Å²) in [6.45, 7) is 0.722. The van der Waals surface area contributed by atoms with Gasteiger partial charge in [0.2, 0.25) is 11.8 Å². The Morgan fingerprint density at radius 1 is 1.16 bits per heavy atom. The quantitative estimate of drug-likeness (QED) is 0.656. The molecule has 9 nitrogen and oxygen atoms in total. The van der Waals surface area contributed by atoms with Crippen LogP contribution in [0.3, 0.4) is 0 Å². The number of fused-ring (bicyclic) bond motifs is 3. The lowest BCUT2D eigenvalue weighted by Crippen LogP contribution is -2.40. The second-order valence-corrected chi connectivity index (χ2v) is 7.96. The first-order valence-corrected chi connectivity index (χ1v) is 10.5. The molecule has 0 spiro atoms. The maximum Gasteiger partial charge on any atom is 0.261 e. The van der Waals surface area contributed by atoms with Crippen LogP contribution in [0.15, 0.2) is 53.6 Å². The maximum atomic E-state index is 12.9. The van der Waals surface area contributed by atoms with Gasteiger partial charge in [-0.1, -0.05) is 12.1 Å². The monoisotopic (exact) mass is 431 g/mol. The van der Waals surface area contributed by atoms with E-state index in [4.69, 9.17) is 0 Å². The van der Waals surface area contributed by atoms with Crippen molar-refractivity contribution in [2.75, 3.05) is 17.2 Å². The molecule has 3 aromatic rings. The number of hydrogen-bond donors (Lipinski definition) is 2. The number of para-hydroxylation sites is 1. The Bertz CT molecular complexity index is 1320. The van der Waals surface area contributed by atoms with Crippen molar-refractivity contribution in [3.63, 3.8) is 0 Å². The summed E-state index contributed by atoms with van der Waals surface area (Å²) in [4.78, 5) is 56.2. The first-order valence-electron chi connectivity index (χ1n) is 10.5. The molecule has 1 fully saturated rings. The van der Waals surface area contributed by atoms with Crippen molar-refractivity contribution in [1.82, 2.24) is 14.5 Å². The van der Waals surface area contributed by atoms with Crippen LogP contribution in [0.5, 0.6) is 0 Å². The van der Waals surface area contributed by atoms with Crippen molar-refractivity contribution in [2.45, 2.75) is 31.8 Å². The molecule has 9 heteroatoms. The third-order valence-corrected chi connectivity index (χ3v) is 5.92. The number of aryl methyl sites for hydroxylation is 1. The standard InChI is InChI=1S/C23H21N5O4/c29-20(9-11-27-13-24-17-5-2-1-4-15(17)22(27)31)25-14-7-8-18-16(12-14)23(32)28-10-3-6-19(28)21(30)26-18/h1-2,4-5,7-8,12-13,19H,3,6,9-11H2,(H,25,29)(H,26,30)/t19-/m1/s1. The molecule has 3 heterocycles. The van der Waals surface area contributed by atoms with Crippen LogP contribution in [0, 0.1) is 0 Å². The number of benzene rings is 2. The fourth-order valence-corrected chi connectivity index (χ4v) is 4.27. The van der Waals surface area contributed by atoms with Gasteiger partial charge in [0.15, 0.2) is 0 Å². The van der Waals surface area contributed by atoms with Crippen LogP contribution in [0.1, 0.15) is 29.6 Å². The van der Waals surface area contributed by atoms with E-state index in [0.29, 0.717) is 40.8 Å². The molecule has 0 saturated carbocycles. The Morgan fingerprint density at radius 2 is 2.00 bits per heavy atom. The molecule has 1 saturated heterocycles. The van der Waals surface area contributed by atoms with Crippen LogP contribution < -0.4 is 16.2 Å². The van der Waals surface area contributed by atoms with Gasteiger partial charge in [0.25, 0.3) is 11.5 Å². The van der Waals surface area contributed by atoms with Crippen molar-refractivity contribution in [2.24, 2.45) is 0 Å². The van der Waals surface area contributed by atoms with E-state index >= 15 is 0 Å². The van der Waals surface area contributed by atoms with E-state index in [0.717, 1.165) is 6.42 Å². The molecular weight excluding hydrogens is 410 g/mol. The fourth-order valence-electron chi connectivity index (χ4n) is 4.27. The van der Waals surface area contributed by atoms with E-state index in [1.54, 1.807) is 41.3 Å². The number of aromatic nitrogens is 2. The number of carbonyl (C=O) groups excluding carboxylic acids is 3. The molecule has 2 aromatic carbocycles. The van der Waals surface area contributed by atoms with E-state index in [2.05, 4.69) is 15.6 Å². The number of carbonyl (C=O) groups is 3. The van der Waals surface area contributed by atoms with Crippen molar-refractivity contribution < 1.29 is 14.4 Å². The predicted molar refractivity (Wildman–Crippen MR) is 118 cm³/mol. The van der Waals surface area contributed by atoms with E-state index in [9.17, 15) is 19.2 Å². The number of anilines is 2. The molecule has 5 rings (SSSR count). The zero-order chi connectivity index (χ0) is 22.2. The normalized spacial score (nSPS) is 17.5. The largest absolute Gasteiger partial charge is 0.327 e. The van der Waals surface area contributed by atoms with Crippen molar-refractivity contribution >= 4 is 40.0 Å². The summed E-state index contributed by atoms with van der Waals surface area (Å²) >= 11 is 0. The minimum absolute atomic E-state index is 0.0654. The molecule has 1 atom stereocenters. The van der Waals surface area contributed by atoms with Gasteiger partial charge in [-0.05, 0) is 43.2 Å². The first kappa shape index (κ1) is 19.9. The van der Waals surface area contributed by atoms with Gasteiger partial charge in [0, 0.05) is 25.2 Å². The molecule has 1 aromatic heterocycles. The summed E-state index contributed by atoms with van der Waals surface area (Å²) in [5.74, 6) is -0.694. The van der Waals surface area contributed by atoms with Crippen molar-refractivity contribution in [3.05, 3.63) is 64.7 Å². The molecule has 0 bridgehead atoms. The Labute approximate surface area is 183 Å². The predicted octanol–water partition coefficient (Wildman–Crippen LogP) is 1.98. The minimum Gasteiger partial charge on any atom is -0.327 e. The second-order valence-electron chi connectivity index (χ2n) is 7.96. The topological polar surface area (TPSA) is 113 Å². The van der Waals surface area contributed by atoms with Crippen LogP contribution >= 0.6 is 0 Å². The molecule has 0 unspecified atom stereocenters. The van der Waals surface area contributed by atoms with E-state index in [1.807, 2.05) is 6.07 Å². The number of nitrogens with zero attached hydrogens (tertiary/aromatic N) is 3. The highest BCUT2D eigenvalue weighted by molar-refractivity contribution is 6.11. The van der Waals surface area contributed by atoms with Gasteiger partial charge in [-0.15, -0.1) is 0 Å². The summed E-state index contributed by atoms with van der Waals surface area (Å²) in [5, 5.41) is 6.09. The molecule has 0 aliphatic carbocycles. The van der Waals surface area contributed by atoms with Crippen LogP contribution in [0.4, 0.5) is 11.4 Å². The molecule has 2 aliphatic rings. The summed E-state index contributed by atoms with van der Waals surface area (Å²) in [6, 6.07) is 11.5. The summed E-state index contributed by atoms with van der Waals surface area (Å²) in [6.07, 6.45) is 2.95. The van der Waals surface area contributed by atoms with Crippen molar-refractivity contribution in [3.8, 4) is 0 Å². The van der Waals surface area contributed by atoms with Crippen LogP contribution in [-0.4, -0.2) is 44.8 Å². The summed E-state index contributed by atoms with van der Waals surface area (Å²) in [5.41, 5.74) is 1.67. The smallest absolute Gasteiger partial charge is 0.261 e. The molecular formula is C23H21N5O4. The lowest BCUT2D eigenvalue weighted by molar-refractivity contribution is -0.119. The lowest BCUT2D eigenvalue weighted by atomic mass is 10.1. The molecule has 3 amide bonds. The van der Waals surface area contributed by atoms with E-state index < -0.39 is 6.04 Å². The molecule has 0 radical (unpaired) electrons. The summed E-state index contributed by atoms with van der Waals surface area (Å²) < 4.78 is 1.41. The van der Waals surface area contributed by atoms with Crippen LogP contribution in [0.25, 0.3) is 10.9 Å². The number of amides is 3. The molecule has 2 N–H and O–H groups in total. The Kier molecular flexibility index (Phi) is 4.93. The van der Waals surface area contributed by atoms with Gasteiger partial charge in [0.1, 0.15) is 6.04 Å². The number of hydrogen-bond acceptors (Lipinski definition) is 5. The maximum absolute atomic E-state index is 12.9. The average molecular weight is 431 g/mol. The zero-order valence-corrected chi connectivity index (χ0v) is 17.2. The molecule has 32 heavy (non-hydrogen) atoms. The van der Waals surface area contributed by atoms with Gasteiger partial charge in [-0.25, -0.2) is 4.98 Å². The lowest BCUT2D eigenvalue weighted by Gasteiger charge is -2.20. The van der Waals surface area contributed by atoms with Crippen molar-refractivity contribution in [1.29, 1.82) is 0 Å². The molecule has 2 aliphatic heterocycles. The highest BCUT2D eigenvalue weighted by Crippen LogP contribution is 2.30. The van der Waals surface area contributed by atoms with Crippen LogP contribution in [-0.2, 0) is 16.1 Å². The SMILES string of the molecule is O=C(CCn1cnc2ccccc2c1=O)Nc1ccc2c(c1)C(=O)N1CCC[C@@H]1C(=O)N2. The Hall–Kier alpha value is -4.01. The second kappa shape index (κ2) is 7.92. The highest BCUT2D eigenvalue weighted by Gasteiger charge is 2.38. The number of rotatable bonds is 4. The average Bonchev–Trinajstić information content (AvgIpc) is 3.26. The highest BCUT2D eigenvalue weighted by atomic mass is 16.2. The first-order chi connectivity index (χ1) is 15.5. The fraction of sp³-hybridized carbons (Fsp3) is 0.261. The van der Waals surface area contributed by atoms with Gasteiger partial charge < -0.3 is 15.5 Å². The number of nitrogens with one attached hydrogen (secondary N) is 2. The van der Waals surface area contributed by atoms with E-state index in [1.165, 1.54) is 10.9 Å². The Morgan fingerprint density at radius 3 is 2.88 bits per heavy atom. The third-order valence-electron chi connectivity index (χ3n) is 5.92. The third kappa shape index (κ3) is 3.51. The van der Waals surface area contributed by atoms with Crippen LogP contribution in [0.2, 0.25) is 0 Å².